The van der Waals surface area contributed by atoms with Crippen LogP contribution in [0.4, 0.5) is 0 Å². The predicted octanol–water partition coefficient (Wildman–Crippen LogP) is -0.862. The molecule has 19 heavy (non-hydrogen) atoms. The lowest BCUT2D eigenvalue weighted by Gasteiger charge is -2.16. The molecule has 1 amide bonds. The van der Waals surface area contributed by atoms with Crippen molar-refractivity contribution in [2.75, 3.05) is 39.5 Å². The summed E-state index contributed by atoms with van der Waals surface area (Å²) >= 11 is 0. The third-order valence-corrected chi connectivity index (χ3v) is 4.68. The molecule has 114 valence electrons. The number of ether oxygens (including phenoxy) is 1. The Bertz CT molecular complexity index is 355. The number of sulfonamides is 1. The van der Waals surface area contributed by atoms with Gasteiger partial charge in [0.1, 0.15) is 0 Å². The molecule has 0 bridgehead atoms. The van der Waals surface area contributed by atoms with E-state index in [1.54, 1.807) is 6.92 Å². The molecule has 0 saturated carbocycles. The molecular formula is C11H25N3O4S. The van der Waals surface area contributed by atoms with E-state index in [2.05, 4.69) is 5.32 Å². The van der Waals surface area contributed by atoms with Crippen LogP contribution in [0.2, 0.25) is 0 Å². The Morgan fingerprint density at radius 1 is 1.47 bits per heavy atom. The number of rotatable bonds is 10. The molecule has 1 atom stereocenters. The van der Waals surface area contributed by atoms with Gasteiger partial charge in [0.2, 0.25) is 15.9 Å². The van der Waals surface area contributed by atoms with Crippen molar-refractivity contribution in [3.05, 3.63) is 0 Å². The number of carbonyl (C=O) groups excluding carboxylic acids is 1. The van der Waals surface area contributed by atoms with Crippen LogP contribution in [-0.2, 0) is 19.6 Å². The van der Waals surface area contributed by atoms with Gasteiger partial charge in [-0.15, -0.1) is 0 Å². The van der Waals surface area contributed by atoms with Gasteiger partial charge in [-0.3, -0.25) is 4.79 Å². The monoisotopic (exact) mass is 295 g/mol. The number of hydrogen-bond donors (Lipinski definition) is 2. The molecule has 1 unspecified atom stereocenters. The van der Waals surface area contributed by atoms with E-state index in [1.807, 2.05) is 0 Å². The largest absolute Gasteiger partial charge is 0.380 e. The highest BCUT2D eigenvalue weighted by Crippen LogP contribution is 1.99. The maximum Gasteiger partial charge on any atom is 0.222 e. The molecule has 0 radical (unpaired) electrons. The van der Waals surface area contributed by atoms with Gasteiger partial charge < -0.3 is 15.8 Å². The first-order valence-electron chi connectivity index (χ1n) is 6.31. The summed E-state index contributed by atoms with van der Waals surface area (Å²) in [7, 11) is -0.0947. The Morgan fingerprint density at radius 3 is 2.58 bits per heavy atom. The van der Waals surface area contributed by atoms with Crippen LogP contribution in [0.1, 0.15) is 19.8 Å². The fraction of sp³-hybridized carbons (Fsp3) is 0.909. The summed E-state index contributed by atoms with van der Waals surface area (Å²) in [6, 6.07) is 0. The van der Waals surface area contributed by atoms with Crippen LogP contribution < -0.4 is 11.1 Å². The molecule has 8 heteroatoms. The first-order chi connectivity index (χ1) is 8.87. The van der Waals surface area contributed by atoms with Gasteiger partial charge in [-0.2, -0.15) is 0 Å². The lowest BCUT2D eigenvalue weighted by Crippen LogP contribution is -2.35. The van der Waals surface area contributed by atoms with E-state index in [0.29, 0.717) is 26.1 Å². The first-order valence-corrected chi connectivity index (χ1v) is 7.91. The van der Waals surface area contributed by atoms with Crippen LogP contribution in [0, 0.1) is 0 Å². The molecule has 0 aromatic heterocycles. The minimum Gasteiger partial charge on any atom is -0.380 e. The third-order valence-electron chi connectivity index (χ3n) is 2.82. The first kappa shape index (κ1) is 18.3. The van der Waals surface area contributed by atoms with Gasteiger partial charge in [0, 0.05) is 33.8 Å². The second-order valence-corrected chi connectivity index (χ2v) is 6.59. The minimum atomic E-state index is -3.14. The fourth-order valence-electron chi connectivity index (χ4n) is 1.43. The highest BCUT2D eigenvalue weighted by molar-refractivity contribution is 7.89. The SMILES string of the molecule is CCS(=O)(=O)N(C)CCCNC(=O)CC(CN)OC. The molecule has 0 fully saturated rings. The molecule has 0 aliphatic heterocycles. The molecular weight excluding hydrogens is 270 g/mol. The molecule has 0 aromatic rings. The van der Waals surface area contributed by atoms with Gasteiger partial charge in [0.25, 0.3) is 0 Å². The van der Waals surface area contributed by atoms with Crippen LogP contribution in [0.25, 0.3) is 0 Å². The number of nitrogens with zero attached hydrogens (tertiary/aromatic N) is 1. The van der Waals surface area contributed by atoms with Crippen LogP contribution in [0.15, 0.2) is 0 Å². The number of nitrogens with one attached hydrogen (secondary N) is 1. The molecule has 0 saturated heterocycles. The fourth-order valence-corrected chi connectivity index (χ4v) is 2.28. The summed E-state index contributed by atoms with van der Waals surface area (Å²) in [6.45, 7) is 2.72. The summed E-state index contributed by atoms with van der Waals surface area (Å²) < 4.78 is 29.2. The van der Waals surface area contributed by atoms with E-state index in [1.165, 1.54) is 18.5 Å². The van der Waals surface area contributed by atoms with Crippen LogP contribution in [0.3, 0.4) is 0 Å². The van der Waals surface area contributed by atoms with Gasteiger partial charge in [-0.25, -0.2) is 12.7 Å². The van der Waals surface area contributed by atoms with Gasteiger partial charge in [-0.05, 0) is 13.3 Å². The number of hydrogen-bond acceptors (Lipinski definition) is 5. The zero-order chi connectivity index (χ0) is 14.9. The average molecular weight is 295 g/mol. The highest BCUT2D eigenvalue weighted by atomic mass is 32.2. The Kier molecular flexibility index (Phi) is 8.90. The van der Waals surface area contributed by atoms with Crippen molar-refractivity contribution in [1.82, 2.24) is 9.62 Å². The van der Waals surface area contributed by atoms with Gasteiger partial charge in [0.05, 0.1) is 18.3 Å². The molecule has 0 rings (SSSR count). The molecule has 0 aliphatic carbocycles. The molecule has 0 spiro atoms. The van der Waals surface area contributed by atoms with Gasteiger partial charge in [0.15, 0.2) is 0 Å². The molecule has 7 nitrogen and oxygen atoms in total. The van der Waals surface area contributed by atoms with E-state index in [4.69, 9.17) is 10.5 Å². The Labute approximate surface area is 115 Å². The van der Waals surface area contributed by atoms with Crippen molar-refractivity contribution in [2.45, 2.75) is 25.9 Å². The van der Waals surface area contributed by atoms with E-state index in [9.17, 15) is 13.2 Å². The van der Waals surface area contributed by atoms with Crippen molar-refractivity contribution >= 4 is 15.9 Å². The summed E-state index contributed by atoms with van der Waals surface area (Å²) in [5, 5.41) is 2.71. The normalized spacial score (nSPS) is 13.5. The second kappa shape index (κ2) is 9.24. The van der Waals surface area contributed by atoms with Crippen molar-refractivity contribution in [3.8, 4) is 0 Å². The number of nitrogens with two attached hydrogens (primary N) is 1. The maximum atomic E-state index is 11.5. The van der Waals surface area contributed by atoms with Gasteiger partial charge in [-0.1, -0.05) is 0 Å². The van der Waals surface area contributed by atoms with Crippen LogP contribution >= 0.6 is 0 Å². The number of carbonyl (C=O) groups is 1. The summed E-state index contributed by atoms with van der Waals surface area (Å²) in [4.78, 5) is 11.5. The molecule has 3 N–H and O–H groups in total. The summed E-state index contributed by atoms with van der Waals surface area (Å²) in [5.74, 6) is -0.0553. The van der Waals surface area contributed by atoms with Crippen molar-refractivity contribution in [2.24, 2.45) is 5.73 Å². The number of methoxy groups -OCH3 is 1. The predicted molar refractivity (Wildman–Crippen MR) is 74.2 cm³/mol. The Hall–Kier alpha value is -0.700. The minimum absolute atomic E-state index is 0.0852. The topological polar surface area (TPSA) is 102 Å². The van der Waals surface area contributed by atoms with E-state index in [-0.39, 0.29) is 24.2 Å². The quantitative estimate of drug-likeness (QED) is 0.511. The molecule has 0 heterocycles. The maximum absolute atomic E-state index is 11.5. The Morgan fingerprint density at radius 2 is 2.11 bits per heavy atom. The molecule has 0 aliphatic rings. The lowest BCUT2D eigenvalue weighted by atomic mass is 10.2. The van der Waals surface area contributed by atoms with Crippen molar-refractivity contribution < 1.29 is 17.9 Å². The zero-order valence-corrected chi connectivity index (χ0v) is 12.7. The summed E-state index contributed by atoms with van der Waals surface area (Å²) in [5.41, 5.74) is 5.41. The van der Waals surface area contributed by atoms with E-state index in [0.717, 1.165) is 0 Å². The Balaban J connectivity index is 3.84. The highest BCUT2D eigenvalue weighted by Gasteiger charge is 2.14. The van der Waals surface area contributed by atoms with Crippen molar-refractivity contribution in [1.29, 1.82) is 0 Å². The zero-order valence-electron chi connectivity index (χ0n) is 11.9. The van der Waals surface area contributed by atoms with E-state index >= 15 is 0 Å². The third kappa shape index (κ3) is 7.46. The number of amides is 1. The van der Waals surface area contributed by atoms with Crippen molar-refractivity contribution in [3.63, 3.8) is 0 Å². The summed E-state index contributed by atoms with van der Waals surface area (Å²) in [6.07, 6.45) is 0.515. The lowest BCUT2D eigenvalue weighted by molar-refractivity contribution is -0.123. The van der Waals surface area contributed by atoms with Crippen LogP contribution in [-0.4, -0.2) is 64.3 Å². The standard InChI is InChI=1S/C11H25N3O4S/c1-4-19(16,17)14(2)7-5-6-13-11(15)8-10(9-12)18-3/h10H,4-9,12H2,1-3H3,(H,13,15). The average Bonchev–Trinajstić information content (AvgIpc) is 2.40. The molecule has 0 aromatic carbocycles. The van der Waals surface area contributed by atoms with Gasteiger partial charge >= 0.3 is 0 Å². The smallest absolute Gasteiger partial charge is 0.222 e. The second-order valence-electron chi connectivity index (χ2n) is 4.22. The van der Waals surface area contributed by atoms with E-state index < -0.39 is 10.0 Å². The van der Waals surface area contributed by atoms with Crippen LogP contribution in [0.5, 0.6) is 0 Å².